The van der Waals surface area contributed by atoms with Gasteiger partial charge >= 0.3 is 0 Å². The van der Waals surface area contributed by atoms with E-state index in [2.05, 4.69) is 24.8 Å². The van der Waals surface area contributed by atoms with E-state index in [0.717, 1.165) is 49.6 Å². The summed E-state index contributed by atoms with van der Waals surface area (Å²) < 4.78 is 0. The molecule has 6 heteroatoms. The number of aromatic amines is 1. The van der Waals surface area contributed by atoms with Crippen LogP contribution in [-0.4, -0.2) is 63.8 Å². The minimum atomic E-state index is -0.132. The number of aliphatic hydroxyl groups is 1. The second-order valence-electron chi connectivity index (χ2n) is 6.13. The number of hydrogen-bond acceptors (Lipinski definition) is 5. The zero-order chi connectivity index (χ0) is 14.2. The fraction of sp³-hybridized carbons (Fsp3) is 0.600. The van der Waals surface area contributed by atoms with Crippen molar-refractivity contribution < 1.29 is 5.11 Å². The normalized spacial score (nSPS) is 21.9. The summed E-state index contributed by atoms with van der Waals surface area (Å²) in [6.45, 7) is 4.70. The lowest BCUT2D eigenvalue weighted by atomic mass is 10.2. The van der Waals surface area contributed by atoms with Crippen LogP contribution in [0.3, 0.4) is 0 Å². The molecule has 2 aromatic rings. The Hall–Kier alpha value is -1.66. The average Bonchev–Trinajstić information content (AvgIpc) is 3.25. The summed E-state index contributed by atoms with van der Waals surface area (Å²) in [5, 5.41) is 11.1. The first-order chi connectivity index (χ1) is 10.3. The third-order valence-electron chi connectivity index (χ3n) is 4.62. The van der Waals surface area contributed by atoms with Crippen LogP contribution in [0.15, 0.2) is 18.6 Å². The Kier molecular flexibility index (Phi) is 3.27. The maximum Gasteiger partial charge on any atom is 0.142 e. The highest BCUT2D eigenvalue weighted by molar-refractivity contribution is 5.87. The number of piperazine rings is 1. The molecule has 0 aromatic carbocycles. The van der Waals surface area contributed by atoms with E-state index < -0.39 is 0 Å². The number of aromatic nitrogens is 3. The fourth-order valence-corrected chi connectivity index (χ4v) is 3.15. The summed E-state index contributed by atoms with van der Waals surface area (Å²) in [7, 11) is 0. The third kappa shape index (κ3) is 2.61. The van der Waals surface area contributed by atoms with Gasteiger partial charge in [0.05, 0.1) is 11.5 Å². The molecule has 6 nitrogen and oxygen atoms in total. The van der Waals surface area contributed by atoms with Gasteiger partial charge < -0.3 is 15.0 Å². The molecule has 2 fully saturated rings. The Labute approximate surface area is 123 Å². The molecule has 1 saturated carbocycles. The highest BCUT2D eigenvalue weighted by atomic mass is 16.3. The van der Waals surface area contributed by atoms with Crippen molar-refractivity contribution in [1.29, 1.82) is 0 Å². The molecule has 1 unspecified atom stereocenters. The summed E-state index contributed by atoms with van der Waals surface area (Å²) in [6, 6.07) is 2.04. The molecule has 0 radical (unpaired) electrons. The van der Waals surface area contributed by atoms with Crippen LogP contribution < -0.4 is 4.90 Å². The molecular formula is C15H21N5O. The molecule has 2 aromatic heterocycles. The van der Waals surface area contributed by atoms with Crippen LogP contribution in [0.1, 0.15) is 12.8 Å². The SMILES string of the molecule is OC(CN1CCN(c2ncnc3[nH]ccc23)CC1)C1CC1. The lowest BCUT2D eigenvalue weighted by molar-refractivity contribution is 0.0921. The molecule has 4 rings (SSSR count). The topological polar surface area (TPSA) is 68.3 Å². The molecule has 0 spiro atoms. The number of β-amino-alcohol motifs (C(OH)–C–C–N with tert-alkyl or cyclic N) is 1. The minimum absolute atomic E-state index is 0.132. The number of anilines is 1. The van der Waals surface area contributed by atoms with E-state index in [1.807, 2.05) is 12.3 Å². The number of H-pyrrole nitrogens is 1. The van der Waals surface area contributed by atoms with E-state index in [9.17, 15) is 5.11 Å². The number of aliphatic hydroxyl groups excluding tert-OH is 1. The molecule has 1 aliphatic heterocycles. The van der Waals surface area contributed by atoms with Crippen molar-refractivity contribution in [3.63, 3.8) is 0 Å². The Bertz CT molecular complexity index is 615. The average molecular weight is 287 g/mol. The van der Waals surface area contributed by atoms with Gasteiger partial charge in [-0.05, 0) is 24.8 Å². The summed E-state index contributed by atoms with van der Waals surface area (Å²) in [4.78, 5) is 16.5. The van der Waals surface area contributed by atoms with Gasteiger partial charge in [-0.15, -0.1) is 0 Å². The van der Waals surface area contributed by atoms with Gasteiger partial charge in [-0.25, -0.2) is 9.97 Å². The third-order valence-corrected chi connectivity index (χ3v) is 4.62. The first kappa shape index (κ1) is 13.0. The molecular weight excluding hydrogens is 266 g/mol. The first-order valence-corrected chi connectivity index (χ1v) is 7.75. The first-order valence-electron chi connectivity index (χ1n) is 7.75. The van der Waals surface area contributed by atoms with Crippen LogP contribution in [0.2, 0.25) is 0 Å². The number of nitrogens with zero attached hydrogens (tertiary/aromatic N) is 4. The number of rotatable bonds is 4. The molecule has 1 saturated heterocycles. The van der Waals surface area contributed by atoms with E-state index in [-0.39, 0.29) is 6.10 Å². The molecule has 112 valence electrons. The van der Waals surface area contributed by atoms with E-state index in [1.165, 1.54) is 12.8 Å². The summed E-state index contributed by atoms with van der Waals surface area (Å²) in [5.41, 5.74) is 0.895. The maximum absolute atomic E-state index is 10.1. The van der Waals surface area contributed by atoms with E-state index in [1.54, 1.807) is 6.33 Å². The molecule has 1 atom stereocenters. The lowest BCUT2D eigenvalue weighted by Crippen LogP contribution is -2.49. The monoisotopic (exact) mass is 287 g/mol. The van der Waals surface area contributed by atoms with E-state index >= 15 is 0 Å². The zero-order valence-corrected chi connectivity index (χ0v) is 12.1. The van der Waals surface area contributed by atoms with Gasteiger partial charge in [-0.3, -0.25) is 4.90 Å². The van der Waals surface area contributed by atoms with Crippen LogP contribution in [0.25, 0.3) is 11.0 Å². The van der Waals surface area contributed by atoms with Crippen molar-refractivity contribution in [1.82, 2.24) is 19.9 Å². The van der Waals surface area contributed by atoms with Crippen LogP contribution in [0.4, 0.5) is 5.82 Å². The number of nitrogens with one attached hydrogen (secondary N) is 1. The molecule has 1 aliphatic carbocycles. The van der Waals surface area contributed by atoms with Gasteiger partial charge in [0.15, 0.2) is 0 Å². The van der Waals surface area contributed by atoms with Crippen LogP contribution >= 0.6 is 0 Å². The largest absolute Gasteiger partial charge is 0.392 e. The van der Waals surface area contributed by atoms with Crippen LogP contribution in [0.5, 0.6) is 0 Å². The molecule has 3 heterocycles. The van der Waals surface area contributed by atoms with Gasteiger partial charge in [0.1, 0.15) is 17.8 Å². The Morgan fingerprint density at radius 3 is 2.81 bits per heavy atom. The van der Waals surface area contributed by atoms with Crippen LogP contribution in [0, 0.1) is 5.92 Å². The standard InChI is InChI=1S/C15H21N5O/c21-13(11-1-2-11)9-19-5-7-20(8-6-19)15-12-3-4-16-14(12)17-10-18-15/h3-4,10-11,13,21H,1-2,5-9H2,(H,16,17,18). The predicted molar refractivity (Wildman–Crippen MR) is 81.3 cm³/mol. The molecule has 0 amide bonds. The van der Waals surface area contributed by atoms with E-state index in [0.29, 0.717) is 5.92 Å². The minimum Gasteiger partial charge on any atom is -0.392 e. The van der Waals surface area contributed by atoms with Crippen molar-refractivity contribution >= 4 is 16.9 Å². The highest BCUT2D eigenvalue weighted by Crippen LogP contribution is 2.33. The Morgan fingerprint density at radius 1 is 1.24 bits per heavy atom. The second-order valence-corrected chi connectivity index (χ2v) is 6.13. The van der Waals surface area contributed by atoms with E-state index in [4.69, 9.17) is 0 Å². The second kappa shape index (κ2) is 5.27. The number of hydrogen-bond donors (Lipinski definition) is 2. The zero-order valence-electron chi connectivity index (χ0n) is 12.1. The molecule has 0 bridgehead atoms. The number of fused-ring (bicyclic) bond motifs is 1. The fourth-order valence-electron chi connectivity index (χ4n) is 3.15. The van der Waals surface area contributed by atoms with Gasteiger partial charge in [0.25, 0.3) is 0 Å². The summed E-state index contributed by atoms with van der Waals surface area (Å²) in [6.07, 6.45) is 5.80. The van der Waals surface area contributed by atoms with Gasteiger partial charge in [-0.2, -0.15) is 0 Å². The van der Waals surface area contributed by atoms with Gasteiger partial charge in [-0.1, -0.05) is 0 Å². The Morgan fingerprint density at radius 2 is 2.05 bits per heavy atom. The quantitative estimate of drug-likeness (QED) is 0.872. The van der Waals surface area contributed by atoms with Crippen molar-refractivity contribution in [3.8, 4) is 0 Å². The Balaban J connectivity index is 1.41. The molecule has 21 heavy (non-hydrogen) atoms. The maximum atomic E-state index is 10.1. The van der Waals surface area contributed by atoms with Crippen molar-refractivity contribution in [2.24, 2.45) is 5.92 Å². The lowest BCUT2D eigenvalue weighted by Gasteiger charge is -2.36. The van der Waals surface area contributed by atoms with Crippen molar-refractivity contribution in [3.05, 3.63) is 18.6 Å². The van der Waals surface area contributed by atoms with Crippen LogP contribution in [-0.2, 0) is 0 Å². The summed E-state index contributed by atoms with van der Waals surface area (Å²) in [5.74, 6) is 1.58. The molecule has 2 N–H and O–H groups in total. The smallest absolute Gasteiger partial charge is 0.142 e. The molecule has 2 aliphatic rings. The summed E-state index contributed by atoms with van der Waals surface area (Å²) >= 11 is 0. The highest BCUT2D eigenvalue weighted by Gasteiger charge is 2.31. The van der Waals surface area contributed by atoms with Gasteiger partial charge in [0, 0.05) is 38.9 Å². The van der Waals surface area contributed by atoms with Crippen molar-refractivity contribution in [2.45, 2.75) is 18.9 Å². The predicted octanol–water partition coefficient (Wildman–Crippen LogP) is 0.851. The van der Waals surface area contributed by atoms with Crippen molar-refractivity contribution in [2.75, 3.05) is 37.6 Å². The van der Waals surface area contributed by atoms with Gasteiger partial charge in [0.2, 0.25) is 0 Å².